The summed E-state index contributed by atoms with van der Waals surface area (Å²) in [6.07, 6.45) is 0. The molecule has 0 atom stereocenters. The molecule has 0 saturated carbocycles. The fraction of sp³-hybridized carbons (Fsp3) is 0. The van der Waals surface area contributed by atoms with Crippen LogP contribution in [0.5, 0.6) is 0 Å². The first kappa shape index (κ1) is 9.63. The standard InChI is InChI=1S/H2O3S.Sr.2H/c1-4(2)3;;;/h4H,(H,1,2,3);;;. The average molecular weight is 172 g/mol. The number of hydrogen-bond donors (Lipinski definition) is 2. The Labute approximate surface area is 68.4 Å². The quantitative estimate of drug-likeness (QED) is 0.256. The SMILES string of the molecule is O=[SH](=O)O.[SrH2]. The summed E-state index contributed by atoms with van der Waals surface area (Å²) < 4.78 is 24.2. The molecule has 0 spiro atoms. The van der Waals surface area contributed by atoms with Gasteiger partial charge in [0.2, 0.25) is 0 Å². The predicted molar refractivity (Wildman–Crippen MR) is 21.5 cm³/mol. The maximum absolute atomic E-state index is 8.59. The molecule has 0 amide bonds. The van der Waals surface area contributed by atoms with Crippen LogP contribution in [-0.4, -0.2) is 58.5 Å². The number of rotatable bonds is 0. The molecular weight excluding hydrogens is 168 g/mol. The van der Waals surface area contributed by atoms with Gasteiger partial charge >= 0.3 is 45.5 Å². The average Bonchev–Trinajstić information content (AvgIpc) is 0.811. The van der Waals surface area contributed by atoms with Crippen LogP contribution in [0.25, 0.3) is 0 Å². The second-order valence-corrected chi connectivity index (χ2v) is 0.714. The Hall–Kier alpha value is 1.39. The van der Waals surface area contributed by atoms with Crippen molar-refractivity contribution >= 4 is 56.5 Å². The molecule has 0 fully saturated rings. The summed E-state index contributed by atoms with van der Waals surface area (Å²) in [4.78, 5) is 0. The molecule has 0 saturated heterocycles. The first-order chi connectivity index (χ1) is 1.73. The van der Waals surface area contributed by atoms with Crippen molar-refractivity contribution < 1.29 is 13.0 Å². The Kier molecular flexibility index (Phi) is 10.4. The molecule has 0 aliphatic rings. The summed E-state index contributed by atoms with van der Waals surface area (Å²) in [7, 11) is -3.12. The molecule has 0 aromatic rings. The summed E-state index contributed by atoms with van der Waals surface area (Å²) in [5, 5.41) is 0. The van der Waals surface area contributed by atoms with Gasteiger partial charge in [0.15, 0.2) is 0 Å². The van der Waals surface area contributed by atoms with Crippen molar-refractivity contribution in [3.63, 3.8) is 0 Å². The molecule has 0 aliphatic heterocycles. The minimum absolute atomic E-state index is 0. The van der Waals surface area contributed by atoms with Gasteiger partial charge in [0.25, 0.3) is 11.0 Å². The summed E-state index contributed by atoms with van der Waals surface area (Å²) >= 11 is 0. The van der Waals surface area contributed by atoms with Gasteiger partial charge in [0.05, 0.1) is 0 Å². The van der Waals surface area contributed by atoms with Crippen molar-refractivity contribution in [1.82, 2.24) is 0 Å². The third-order valence-electron chi connectivity index (χ3n) is 0. The van der Waals surface area contributed by atoms with E-state index in [1.807, 2.05) is 0 Å². The van der Waals surface area contributed by atoms with Crippen molar-refractivity contribution in [2.75, 3.05) is 0 Å². The Morgan fingerprint density at radius 1 is 1.40 bits per heavy atom. The van der Waals surface area contributed by atoms with E-state index < -0.39 is 11.0 Å². The molecular formula is H4O3SSr. The molecule has 0 radical (unpaired) electrons. The molecule has 1 N–H and O–H groups in total. The number of thiol groups is 1. The zero-order chi connectivity index (χ0) is 3.58. The van der Waals surface area contributed by atoms with Gasteiger partial charge in [0.1, 0.15) is 0 Å². The van der Waals surface area contributed by atoms with E-state index in [1.165, 1.54) is 0 Å². The minimum atomic E-state index is -3.12. The topological polar surface area (TPSA) is 54.4 Å². The van der Waals surface area contributed by atoms with Gasteiger partial charge in [-0.15, -0.1) is 0 Å². The van der Waals surface area contributed by atoms with E-state index in [9.17, 15) is 0 Å². The van der Waals surface area contributed by atoms with Crippen LogP contribution in [0.3, 0.4) is 0 Å². The van der Waals surface area contributed by atoms with Crippen molar-refractivity contribution in [3.8, 4) is 0 Å². The van der Waals surface area contributed by atoms with Gasteiger partial charge in [-0.05, 0) is 0 Å². The Morgan fingerprint density at radius 2 is 1.40 bits per heavy atom. The molecule has 0 unspecified atom stereocenters. The second kappa shape index (κ2) is 5.39. The zero-order valence-corrected chi connectivity index (χ0v) is 2.61. The molecule has 5 heavy (non-hydrogen) atoms. The monoisotopic (exact) mass is 172 g/mol. The third-order valence-corrected chi connectivity index (χ3v) is 0. The van der Waals surface area contributed by atoms with Crippen LogP contribution in [0, 0.1) is 0 Å². The van der Waals surface area contributed by atoms with Crippen LogP contribution in [0.4, 0.5) is 0 Å². The van der Waals surface area contributed by atoms with Gasteiger partial charge in [-0.1, -0.05) is 0 Å². The van der Waals surface area contributed by atoms with Gasteiger partial charge < -0.3 is 0 Å². The van der Waals surface area contributed by atoms with E-state index in [4.69, 9.17) is 13.0 Å². The van der Waals surface area contributed by atoms with Crippen LogP contribution < -0.4 is 0 Å². The van der Waals surface area contributed by atoms with Crippen LogP contribution >= 0.6 is 0 Å². The molecule has 0 bridgehead atoms. The van der Waals surface area contributed by atoms with Crippen LogP contribution in [0.2, 0.25) is 0 Å². The van der Waals surface area contributed by atoms with E-state index in [2.05, 4.69) is 0 Å². The van der Waals surface area contributed by atoms with Crippen molar-refractivity contribution in [2.45, 2.75) is 0 Å². The summed E-state index contributed by atoms with van der Waals surface area (Å²) in [6.45, 7) is 0. The molecule has 0 aromatic heterocycles. The molecule has 30 valence electrons. The van der Waals surface area contributed by atoms with Gasteiger partial charge in [0, 0.05) is 0 Å². The van der Waals surface area contributed by atoms with Crippen molar-refractivity contribution in [2.24, 2.45) is 0 Å². The van der Waals surface area contributed by atoms with E-state index in [1.54, 1.807) is 0 Å². The summed E-state index contributed by atoms with van der Waals surface area (Å²) in [6, 6.07) is 0. The van der Waals surface area contributed by atoms with E-state index in [0.717, 1.165) is 0 Å². The summed E-state index contributed by atoms with van der Waals surface area (Å²) in [5.74, 6) is 0. The molecule has 5 heteroatoms. The maximum atomic E-state index is 8.59. The fourth-order valence-electron chi connectivity index (χ4n) is 0. The normalized spacial score (nSPS) is 6.80. The van der Waals surface area contributed by atoms with Crippen LogP contribution in [0.15, 0.2) is 0 Å². The molecule has 0 aliphatic carbocycles. The van der Waals surface area contributed by atoms with Gasteiger partial charge in [-0.2, -0.15) is 0 Å². The predicted octanol–water partition coefficient (Wildman–Crippen LogP) is -1.85. The van der Waals surface area contributed by atoms with Gasteiger partial charge in [-0.25, -0.2) is 8.42 Å². The summed E-state index contributed by atoms with van der Waals surface area (Å²) in [5.41, 5.74) is 0. The molecule has 3 nitrogen and oxygen atoms in total. The first-order valence-corrected chi connectivity index (χ1v) is 1.70. The molecule has 0 rings (SSSR count). The molecule has 0 aromatic carbocycles. The Bertz CT molecular complexity index is 55.3. The van der Waals surface area contributed by atoms with Crippen molar-refractivity contribution in [1.29, 1.82) is 0 Å². The van der Waals surface area contributed by atoms with Crippen LogP contribution in [0.1, 0.15) is 0 Å². The van der Waals surface area contributed by atoms with Gasteiger partial charge in [-0.3, -0.25) is 4.55 Å². The van der Waals surface area contributed by atoms with Crippen molar-refractivity contribution in [3.05, 3.63) is 0 Å². The first-order valence-electron chi connectivity index (χ1n) is 0.565. The Balaban J connectivity index is 0. The van der Waals surface area contributed by atoms with E-state index in [0.29, 0.717) is 0 Å². The fourth-order valence-corrected chi connectivity index (χ4v) is 0. The zero-order valence-electron chi connectivity index (χ0n) is 1.71. The van der Waals surface area contributed by atoms with E-state index >= 15 is 0 Å². The second-order valence-electron chi connectivity index (χ2n) is 0.238. The van der Waals surface area contributed by atoms with Crippen LogP contribution in [-0.2, 0) is 11.0 Å². The number of hydrogen-bond acceptors (Lipinski definition) is 2. The molecule has 0 heterocycles. The Morgan fingerprint density at radius 3 is 1.40 bits per heavy atom. The third kappa shape index (κ3) is 32.0. The van der Waals surface area contributed by atoms with E-state index in [-0.39, 0.29) is 45.5 Å².